The highest BCUT2D eigenvalue weighted by Crippen LogP contribution is 2.33. The highest BCUT2D eigenvalue weighted by molar-refractivity contribution is 5.41. The molecule has 1 N–H and O–H groups in total. The van der Waals surface area contributed by atoms with Crippen molar-refractivity contribution in [3.63, 3.8) is 0 Å². The summed E-state index contributed by atoms with van der Waals surface area (Å²) in [4.78, 5) is 0. The van der Waals surface area contributed by atoms with E-state index in [-0.39, 0.29) is 23.7 Å². The zero-order valence-corrected chi connectivity index (χ0v) is 10.8. The summed E-state index contributed by atoms with van der Waals surface area (Å²) in [5.74, 6) is 0.0882. The number of rotatable bonds is 4. The van der Waals surface area contributed by atoms with Crippen molar-refractivity contribution in [3.8, 4) is 11.5 Å². The Bertz CT molecular complexity index is 623. The zero-order valence-electron chi connectivity index (χ0n) is 10.8. The minimum Gasteiger partial charge on any atom is -0.457 e. The van der Waals surface area contributed by atoms with E-state index in [4.69, 9.17) is 9.84 Å². The molecule has 2 aromatic carbocycles. The van der Waals surface area contributed by atoms with Crippen molar-refractivity contribution in [1.82, 2.24) is 0 Å². The molecule has 0 aliphatic carbocycles. The third-order valence-corrected chi connectivity index (χ3v) is 2.84. The van der Waals surface area contributed by atoms with Gasteiger partial charge in [-0.3, -0.25) is 0 Å². The first-order valence-corrected chi connectivity index (χ1v) is 6.08. The van der Waals surface area contributed by atoms with Crippen LogP contribution in [0, 0.1) is 0 Å². The Morgan fingerprint density at radius 2 is 1.81 bits per heavy atom. The van der Waals surface area contributed by atoms with E-state index < -0.39 is 18.4 Å². The summed E-state index contributed by atoms with van der Waals surface area (Å²) in [7, 11) is 0. The van der Waals surface area contributed by atoms with Crippen LogP contribution < -0.4 is 4.74 Å². The van der Waals surface area contributed by atoms with Gasteiger partial charge in [0.1, 0.15) is 18.2 Å². The molecule has 0 heterocycles. The smallest absolute Gasteiger partial charge is 0.416 e. The first-order chi connectivity index (χ1) is 9.94. The molecule has 0 bridgehead atoms. The first kappa shape index (κ1) is 15.3. The van der Waals surface area contributed by atoms with Gasteiger partial charge in [-0.05, 0) is 35.9 Å². The summed E-state index contributed by atoms with van der Waals surface area (Å²) in [6, 6.07) is 8.69. The van der Waals surface area contributed by atoms with Gasteiger partial charge in [0.25, 0.3) is 0 Å². The molecule has 2 aromatic rings. The lowest BCUT2D eigenvalue weighted by Gasteiger charge is -2.12. The molecule has 0 fully saturated rings. The second kappa shape index (κ2) is 6.13. The van der Waals surface area contributed by atoms with E-state index in [1.165, 1.54) is 30.3 Å². The van der Waals surface area contributed by atoms with Gasteiger partial charge in [-0.1, -0.05) is 12.1 Å². The summed E-state index contributed by atoms with van der Waals surface area (Å²) in [6.45, 7) is -1.10. The maximum atomic E-state index is 12.9. The van der Waals surface area contributed by atoms with E-state index in [1.54, 1.807) is 0 Å². The molecule has 0 spiro atoms. The number of aliphatic hydroxyl groups excluding tert-OH is 1. The molecule has 2 rings (SSSR count). The van der Waals surface area contributed by atoms with E-state index in [2.05, 4.69) is 0 Å². The fourth-order valence-electron chi connectivity index (χ4n) is 1.80. The van der Waals surface area contributed by atoms with E-state index in [0.717, 1.165) is 12.1 Å². The fourth-order valence-corrected chi connectivity index (χ4v) is 1.80. The molecule has 0 aliphatic heterocycles. The fraction of sp³-hybridized carbons (Fsp3) is 0.200. The number of hydrogen-bond acceptors (Lipinski definition) is 2. The number of hydrogen-bond donors (Lipinski definition) is 1. The van der Waals surface area contributed by atoms with Crippen molar-refractivity contribution in [1.29, 1.82) is 0 Å². The largest absolute Gasteiger partial charge is 0.457 e. The topological polar surface area (TPSA) is 29.5 Å². The van der Waals surface area contributed by atoms with Crippen LogP contribution in [0.2, 0.25) is 0 Å². The van der Waals surface area contributed by atoms with Gasteiger partial charge in [-0.15, -0.1) is 0 Å². The van der Waals surface area contributed by atoms with Crippen LogP contribution in [0.1, 0.15) is 16.7 Å². The van der Waals surface area contributed by atoms with Crippen LogP contribution in [-0.2, 0) is 19.5 Å². The number of halogens is 4. The standard InChI is InChI=1S/C15H12F4O2/c16-8-11-6-10(9-20)4-5-14(11)21-13-3-1-2-12(7-13)15(17,18)19/h1-7,20H,8-9H2. The van der Waals surface area contributed by atoms with Gasteiger partial charge in [0.15, 0.2) is 0 Å². The van der Waals surface area contributed by atoms with E-state index in [9.17, 15) is 17.6 Å². The van der Waals surface area contributed by atoms with Crippen LogP contribution in [0.25, 0.3) is 0 Å². The Morgan fingerprint density at radius 1 is 1.05 bits per heavy atom. The zero-order chi connectivity index (χ0) is 15.5. The molecular formula is C15H12F4O2. The maximum Gasteiger partial charge on any atom is 0.416 e. The summed E-state index contributed by atoms with van der Waals surface area (Å²) in [5.41, 5.74) is -0.174. The minimum absolute atomic E-state index is 0.0312. The lowest BCUT2D eigenvalue weighted by molar-refractivity contribution is -0.137. The SMILES string of the molecule is OCc1ccc(Oc2cccc(C(F)(F)F)c2)c(CF)c1. The van der Waals surface area contributed by atoms with Crippen LogP contribution in [0.15, 0.2) is 42.5 Å². The number of ether oxygens (including phenoxy) is 1. The van der Waals surface area contributed by atoms with Crippen LogP contribution in [-0.4, -0.2) is 5.11 Å². The second-order valence-corrected chi connectivity index (χ2v) is 4.36. The molecule has 6 heteroatoms. The van der Waals surface area contributed by atoms with Crippen LogP contribution in [0.4, 0.5) is 17.6 Å². The summed E-state index contributed by atoms with van der Waals surface area (Å²) in [5, 5.41) is 8.98. The van der Waals surface area contributed by atoms with Crippen molar-refractivity contribution < 1.29 is 27.4 Å². The molecular weight excluding hydrogens is 288 g/mol. The lowest BCUT2D eigenvalue weighted by atomic mass is 10.1. The average molecular weight is 300 g/mol. The first-order valence-electron chi connectivity index (χ1n) is 6.08. The molecule has 0 amide bonds. The normalized spacial score (nSPS) is 11.5. The second-order valence-electron chi connectivity index (χ2n) is 4.36. The number of alkyl halides is 4. The summed E-state index contributed by atoms with van der Waals surface area (Å²) >= 11 is 0. The van der Waals surface area contributed by atoms with Crippen molar-refractivity contribution in [3.05, 3.63) is 59.2 Å². The van der Waals surface area contributed by atoms with Crippen molar-refractivity contribution >= 4 is 0 Å². The summed E-state index contributed by atoms with van der Waals surface area (Å²) in [6.07, 6.45) is -4.47. The third-order valence-electron chi connectivity index (χ3n) is 2.84. The van der Waals surface area contributed by atoms with Crippen LogP contribution in [0.3, 0.4) is 0 Å². The molecule has 0 radical (unpaired) electrons. The predicted octanol–water partition coefficient (Wildman–Crippen LogP) is 4.46. The Hall–Kier alpha value is -2.08. The summed E-state index contributed by atoms with van der Waals surface area (Å²) < 4.78 is 56.1. The number of aliphatic hydroxyl groups is 1. The van der Waals surface area contributed by atoms with Crippen molar-refractivity contribution in [2.45, 2.75) is 19.5 Å². The highest BCUT2D eigenvalue weighted by Gasteiger charge is 2.30. The van der Waals surface area contributed by atoms with E-state index >= 15 is 0 Å². The molecule has 0 aliphatic rings. The van der Waals surface area contributed by atoms with Crippen LogP contribution in [0.5, 0.6) is 11.5 Å². The Kier molecular flexibility index (Phi) is 4.47. The quantitative estimate of drug-likeness (QED) is 0.845. The molecule has 112 valence electrons. The molecule has 0 unspecified atom stereocenters. The van der Waals surface area contributed by atoms with Gasteiger partial charge in [0.05, 0.1) is 12.2 Å². The highest BCUT2D eigenvalue weighted by atomic mass is 19.4. The molecule has 0 aromatic heterocycles. The van der Waals surface area contributed by atoms with Gasteiger partial charge in [-0.25, -0.2) is 4.39 Å². The van der Waals surface area contributed by atoms with Gasteiger partial charge in [-0.2, -0.15) is 13.2 Å². The third kappa shape index (κ3) is 3.72. The number of benzene rings is 2. The van der Waals surface area contributed by atoms with E-state index in [1.807, 2.05) is 0 Å². The molecule has 0 saturated carbocycles. The monoisotopic (exact) mass is 300 g/mol. The van der Waals surface area contributed by atoms with Gasteiger partial charge in [0, 0.05) is 5.56 Å². The Balaban J connectivity index is 2.30. The predicted molar refractivity (Wildman–Crippen MR) is 68.7 cm³/mol. The van der Waals surface area contributed by atoms with Gasteiger partial charge < -0.3 is 9.84 Å². The lowest BCUT2D eigenvalue weighted by Crippen LogP contribution is -2.04. The van der Waals surface area contributed by atoms with Crippen molar-refractivity contribution in [2.75, 3.05) is 0 Å². The molecule has 2 nitrogen and oxygen atoms in total. The maximum absolute atomic E-state index is 12.9. The average Bonchev–Trinajstić information content (AvgIpc) is 2.47. The van der Waals surface area contributed by atoms with Crippen molar-refractivity contribution in [2.24, 2.45) is 0 Å². The van der Waals surface area contributed by atoms with E-state index in [0.29, 0.717) is 5.56 Å². The Morgan fingerprint density at radius 3 is 2.43 bits per heavy atom. The Labute approximate surface area is 118 Å². The van der Waals surface area contributed by atoms with Gasteiger partial charge in [0.2, 0.25) is 0 Å². The molecule has 21 heavy (non-hydrogen) atoms. The minimum atomic E-state index is -4.47. The molecule has 0 saturated heterocycles. The van der Waals surface area contributed by atoms with Crippen LogP contribution >= 0.6 is 0 Å². The molecule has 0 atom stereocenters. The van der Waals surface area contributed by atoms with Gasteiger partial charge >= 0.3 is 6.18 Å².